The minimum atomic E-state index is 0.0205. The van der Waals surface area contributed by atoms with E-state index < -0.39 is 0 Å². The van der Waals surface area contributed by atoms with E-state index in [4.69, 9.17) is 0 Å². The fourth-order valence-electron chi connectivity index (χ4n) is 0.767. The topological polar surface area (TPSA) is 46.2 Å². The van der Waals surface area contributed by atoms with Gasteiger partial charge in [-0.25, -0.2) is 0 Å². The number of hydrogen-bond acceptors (Lipinski definition) is 4. The van der Waals surface area contributed by atoms with Gasteiger partial charge in [0.2, 0.25) is 5.91 Å². The number of carbonyl (C=O) groups is 2. The molecule has 3 nitrogen and oxygen atoms in total. The summed E-state index contributed by atoms with van der Waals surface area (Å²) in [5.41, 5.74) is 0. The monoisotopic (exact) mass is 235 g/mol. The van der Waals surface area contributed by atoms with Crippen LogP contribution in [0.4, 0.5) is 0 Å². The number of ketones is 1. The average molecular weight is 235 g/mol. The van der Waals surface area contributed by atoms with E-state index in [1.165, 1.54) is 6.92 Å². The van der Waals surface area contributed by atoms with Crippen LogP contribution in [0.25, 0.3) is 0 Å². The first kappa shape index (κ1) is 13.8. The second-order valence-electron chi connectivity index (χ2n) is 2.93. The molecule has 0 spiro atoms. The van der Waals surface area contributed by atoms with E-state index in [1.54, 1.807) is 28.5 Å². The minimum Gasteiger partial charge on any atom is -0.355 e. The summed E-state index contributed by atoms with van der Waals surface area (Å²) in [6.45, 7) is 3.86. The van der Waals surface area contributed by atoms with Crippen molar-refractivity contribution in [2.45, 2.75) is 26.7 Å². The van der Waals surface area contributed by atoms with E-state index in [9.17, 15) is 9.59 Å². The molecule has 82 valence electrons. The number of amides is 1. The number of carbonyl (C=O) groups excluding carboxylic acids is 2. The molecule has 0 saturated heterocycles. The van der Waals surface area contributed by atoms with Crippen LogP contribution in [-0.4, -0.2) is 29.7 Å². The van der Waals surface area contributed by atoms with Gasteiger partial charge in [0.05, 0.1) is 0 Å². The summed E-state index contributed by atoms with van der Waals surface area (Å²) in [6.07, 6.45) is 1.63. The second-order valence-corrected chi connectivity index (χ2v) is 5.63. The molecular weight excluding hydrogens is 218 g/mol. The van der Waals surface area contributed by atoms with Crippen molar-refractivity contribution in [1.29, 1.82) is 0 Å². The Morgan fingerprint density at radius 2 is 1.79 bits per heavy atom. The zero-order chi connectivity index (χ0) is 10.8. The van der Waals surface area contributed by atoms with Gasteiger partial charge in [-0.2, -0.15) is 0 Å². The van der Waals surface area contributed by atoms with E-state index in [1.807, 2.05) is 0 Å². The molecule has 0 saturated carbocycles. The fourth-order valence-corrected chi connectivity index (χ4v) is 2.76. The Hall–Kier alpha value is -0.160. The Morgan fingerprint density at radius 3 is 2.36 bits per heavy atom. The van der Waals surface area contributed by atoms with Crippen LogP contribution in [0.5, 0.6) is 0 Å². The summed E-state index contributed by atoms with van der Waals surface area (Å²) in [5.74, 6) is 2.20. The van der Waals surface area contributed by atoms with Gasteiger partial charge in [0.25, 0.3) is 0 Å². The second kappa shape index (κ2) is 9.40. The van der Waals surface area contributed by atoms with Crippen molar-refractivity contribution in [3.05, 3.63) is 0 Å². The molecule has 0 atom stereocenters. The Morgan fingerprint density at radius 1 is 1.14 bits per heavy atom. The van der Waals surface area contributed by atoms with Crippen LogP contribution < -0.4 is 5.32 Å². The maximum absolute atomic E-state index is 10.6. The summed E-state index contributed by atoms with van der Waals surface area (Å²) >= 11 is 0. The normalized spacial score (nSPS) is 9.86. The molecule has 0 aliphatic rings. The van der Waals surface area contributed by atoms with Crippen molar-refractivity contribution >= 4 is 33.3 Å². The summed E-state index contributed by atoms with van der Waals surface area (Å²) < 4.78 is 0. The van der Waals surface area contributed by atoms with Crippen LogP contribution >= 0.6 is 21.6 Å². The molecule has 0 aromatic heterocycles. The molecule has 1 N–H and O–H groups in total. The smallest absolute Gasteiger partial charge is 0.216 e. The molecule has 0 bridgehead atoms. The first-order valence-corrected chi connectivity index (χ1v) is 7.10. The quantitative estimate of drug-likeness (QED) is 0.515. The number of nitrogens with one attached hydrogen (secondary N) is 1. The van der Waals surface area contributed by atoms with Gasteiger partial charge >= 0.3 is 0 Å². The van der Waals surface area contributed by atoms with Gasteiger partial charge in [-0.15, -0.1) is 0 Å². The molecule has 0 heterocycles. The van der Waals surface area contributed by atoms with Crippen LogP contribution in [-0.2, 0) is 9.59 Å². The van der Waals surface area contributed by atoms with Crippen LogP contribution in [0.1, 0.15) is 26.7 Å². The Labute approximate surface area is 93.2 Å². The highest BCUT2D eigenvalue weighted by atomic mass is 33.1. The van der Waals surface area contributed by atoms with Crippen molar-refractivity contribution in [2.75, 3.05) is 18.1 Å². The lowest BCUT2D eigenvalue weighted by Crippen LogP contribution is -2.22. The Balaban J connectivity index is 2.99. The first-order chi connectivity index (χ1) is 6.63. The average Bonchev–Trinajstić information content (AvgIpc) is 2.08. The summed E-state index contributed by atoms with van der Waals surface area (Å²) in [7, 11) is 3.50. The van der Waals surface area contributed by atoms with Crippen molar-refractivity contribution in [2.24, 2.45) is 0 Å². The number of rotatable bonds is 8. The predicted molar refractivity (Wildman–Crippen MR) is 63.5 cm³/mol. The van der Waals surface area contributed by atoms with Crippen LogP contribution in [0.3, 0.4) is 0 Å². The Bertz CT molecular complexity index is 166. The molecule has 0 aliphatic carbocycles. The van der Waals surface area contributed by atoms with Gasteiger partial charge in [-0.3, -0.25) is 4.79 Å². The minimum absolute atomic E-state index is 0.0205. The van der Waals surface area contributed by atoms with Gasteiger partial charge in [-0.05, 0) is 13.3 Å². The molecule has 1 amide bonds. The lowest BCUT2D eigenvalue weighted by atomic mass is 10.3. The maximum Gasteiger partial charge on any atom is 0.216 e. The Kier molecular flexibility index (Phi) is 9.29. The number of Topliss-reactive ketones (excluding diaryl/α,β-unsaturated/α-hetero) is 1. The summed E-state index contributed by atoms with van der Waals surface area (Å²) in [6, 6.07) is 0. The lowest BCUT2D eigenvalue weighted by Gasteiger charge is -2.01. The van der Waals surface area contributed by atoms with E-state index in [-0.39, 0.29) is 11.7 Å². The molecule has 0 aliphatic heterocycles. The molecule has 0 aromatic rings. The van der Waals surface area contributed by atoms with Crippen LogP contribution in [0.2, 0.25) is 0 Å². The molecule has 14 heavy (non-hydrogen) atoms. The predicted octanol–water partition coefficient (Wildman–Crippen LogP) is 1.87. The van der Waals surface area contributed by atoms with Crippen LogP contribution in [0.15, 0.2) is 0 Å². The zero-order valence-corrected chi connectivity index (χ0v) is 10.3. The van der Waals surface area contributed by atoms with Gasteiger partial charge in [0, 0.05) is 31.4 Å². The SMILES string of the molecule is CC(=O)CCCSSCCNC(C)=O. The molecule has 0 aromatic carbocycles. The van der Waals surface area contributed by atoms with Gasteiger partial charge in [0.15, 0.2) is 0 Å². The summed E-state index contributed by atoms with van der Waals surface area (Å²) in [5, 5.41) is 2.73. The standard InChI is InChI=1S/C9H17NO2S2/c1-8(11)4-3-6-13-14-7-5-10-9(2)12/h3-7H2,1-2H3,(H,10,12). The molecule has 0 rings (SSSR count). The summed E-state index contributed by atoms with van der Waals surface area (Å²) in [4.78, 5) is 21.1. The zero-order valence-electron chi connectivity index (χ0n) is 8.67. The van der Waals surface area contributed by atoms with Gasteiger partial charge in [0.1, 0.15) is 5.78 Å². The third-order valence-electron chi connectivity index (χ3n) is 1.40. The molecule has 5 heteroatoms. The molecule has 0 radical (unpaired) electrons. The highest BCUT2D eigenvalue weighted by Crippen LogP contribution is 2.21. The maximum atomic E-state index is 10.6. The molecule has 0 unspecified atom stereocenters. The van der Waals surface area contributed by atoms with Crippen molar-refractivity contribution in [3.8, 4) is 0 Å². The van der Waals surface area contributed by atoms with Crippen molar-refractivity contribution < 1.29 is 9.59 Å². The largest absolute Gasteiger partial charge is 0.355 e. The molecular formula is C9H17NO2S2. The number of hydrogen-bond donors (Lipinski definition) is 1. The van der Waals surface area contributed by atoms with Crippen molar-refractivity contribution in [3.63, 3.8) is 0 Å². The first-order valence-electron chi connectivity index (χ1n) is 4.61. The third kappa shape index (κ3) is 11.8. The van der Waals surface area contributed by atoms with E-state index in [0.29, 0.717) is 6.42 Å². The van der Waals surface area contributed by atoms with Gasteiger partial charge < -0.3 is 10.1 Å². The van der Waals surface area contributed by atoms with Crippen LogP contribution in [0, 0.1) is 0 Å². The van der Waals surface area contributed by atoms with E-state index in [2.05, 4.69) is 5.32 Å². The fraction of sp³-hybridized carbons (Fsp3) is 0.778. The third-order valence-corrected chi connectivity index (χ3v) is 3.89. The molecule has 0 fully saturated rings. The van der Waals surface area contributed by atoms with E-state index in [0.717, 1.165) is 24.5 Å². The highest BCUT2D eigenvalue weighted by molar-refractivity contribution is 8.76. The lowest BCUT2D eigenvalue weighted by molar-refractivity contribution is -0.119. The highest BCUT2D eigenvalue weighted by Gasteiger charge is 1.95. The van der Waals surface area contributed by atoms with Gasteiger partial charge in [-0.1, -0.05) is 21.6 Å². The van der Waals surface area contributed by atoms with Crippen molar-refractivity contribution in [1.82, 2.24) is 5.32 Å². The van der Waals surface area contributed by atoms with E-state index >= 15 is 0 Å².